The van der Waals surface area contributed by atoms with E-state index < -0.39 is 36.1 Å². The predicted molar refractivity (Wildman–Crippen MR) is 65.8 cm³/mol. The summed E-state index contributed by atoms with van der Waals surface area (Å²) >= 11 is 0. The minimum atomic E-state index is -6.53. The van der Waals surface area contributed by atoms with Crippen molar-refractivity contribution in [2.45, 2.75) is 30.3 Å². The van der Waals surface area contributed by atoms with E-state index in [2.05, 4.69) is 9.52 Å². The highest BCUT2D eigenvalue weighted by Gasteiger charge is 2.77. The van der Waals surface area contributed by atoms with E-state index >= 15 is 0 Å². The zero-order valence-electron chi connectivity index (χ0n) is 12.2. The average Bonchev–Trinajstić information content (AvgIpc) is 2.92. The summed E-state index contributed by atoms with van der Waals surface area (Å²) in [4.78, 5) is 0. The molecule has 0 unspecified atom stereocenters. The summed E-state index contributed by atoms with van der Waals surface area (Å²) in [6.07, 6.45) is -7.69. The summed E-state index contributed by atoms with van der Waals surface area (Å²) in [5.74, 6) is -20.3. The maximum absolute atomic E-state index is 13.5. The molecule has 0 aromatic carbocycles. The third kappa shape index (κ3) is 3.47. The molecule has 0 aliphatic carbocycles. The van der Waals surface area contributed by atoms with Gasteiger partial charge < -0.3 is 14.5 Å². The van der Waals surface area contributed by atoms with Gasteiger partial charge in [0.25, 0.3) is 0 Å². The van der Waals surface area contributed by atoms with Crippen LogP contribution in [0.5, 0.6) is 0 Å². The lowest BCUT2D eigenvalue weighted by molar-refractivity contribution is -0.358. The van der Waals surface area contributed by atoms with Crippen LogP contribution in [-0.2, 0) is 0 Å². The Morgan fingerprint density at radius 1 is 1.08 bits per heavy atom. The zero-order valence-corrected chi connectivity index (χ0v) is 12.2. The maximum atomic E-state index is 13.5. The first kappa shape index (κ1) is 20.2. The van der Waals surface area contributed by atoms with Gasteiger partial charge in [0.05, 0.1) is 6.21 Å². The van der Waals surface area contributed by atoms with Crippen molar-refractivity contribution in [2.75, 3.05) is 14.1 Å². The third-order valence-electron chi connectivity index (χ3n) is 2.79. The van der Waals surface area contributed by atoms with Crippen LogP contribution in [0.15, 0.2) is 21.7 Å². The number of nitrogens with zero attached hydrogens (tertiary/aromatic N) is 2. The van der Waals surface area contributed by atoms with E-state index in [9.17, 15) is 40.2 Å². The molecular formula is C12H12F8N2O2. The van der Waals surface area contributed by atoms with E-state index in [-0.39, 0.29) is 5.76 Å². The second-order valence-electron chi connectivity index (χ2n) is 4.86. The molecule has 1 aromatic heterocycles. The van der Waals surface area contributed by atoms with Gasteiger partial charge in [0.2, 0.25) is 0 Å². The zero-order chi connectivity index (χ0) is 18.9. The Morgan fingerprint density at radius 3 is 2.08 bits per heavy atom. The van der Waals surface area contributed by atoms with Crippen LogP contribution in [0.1, 0.15) is 17.6 Å². The van der Waals surface area contributed by atoms with Crippen LogP contribution in [0.4, 0.5) is 35.1 Å². The average molecular weight is 368 g/mol. The molecule has 0 aliphatic rings. The topological polar surface area (TPSA) is 49.0 Å². The summed E-state index contributed by atoms with van der Waals surface area (Å²) in [7, 11) is 2.96. The molecule has 0 aliphatic heterocycles. The molecule has 0 saturated carbocycles. The Kier molecular flexibility index (Phi) is 5.53. The van der Waals surface area contributed by atoms with E-state index in [1.807, 2.05) is 0 Å². The largest absolute Gasteiger partial charge is 0.457 e. The van der Waals surface area contributed by atoms with E-state index in [0.29, 0.717) is 6.07 Å². The number of hydrogen-bond acceptors (Lipinski definition) is 4. The van der Waals surface area contributed by atoms with Gasteiger partial charge in [0.15, 0.2) is 6.10 Å². The first-order chi connectivity index (χ1) is 10.7. The second-order valence-corrected chi connectivity index (χ2v) is 4.86. The minimum Gasteiger partial charge on any atom is -0.457 e. The molecule has 0 saturated heterocycles. The highest BCUT2D eigenvalue weighted by molar-refractivity contribution is 5.75. The second kappa shape index (κ2) is 6.57. The van der Waals surface area contributed by atoms with Crippen LogP contribution in [0.2, 0.25) is 0 Å². The van der Waals surface area contributed by atoms with Crippen molar-refractivity contribution in [3.8, 4) is 0 Å². The molecule has 1 aromatic rings. The van der Waals surface area contributed by atoms with Crippen molar-refractivity contribution in [3.05, 3.63) is 23.7 Å². The monoisotopic (exact) mass is 368 g/mol. The molecule has 0 spiro atoms. The molecule has 0 fully saturated rings. The number of aliphatic hydroxyl groups excluding tert-OH is 1. The van der Waals surface area contributed by atoms with Gasteiger partial charge in [-0.1, -0.05) is 0 Å². The van der Waals surface area contributed by atoms with E-state index in [4.69, 9.17) is 0 Å². The van der Waals surface area contributed by atoms with Crippen molar-refractivity contribution >= 4 is 6.21 Å². The molecule has 12 heteroatoms. The lowest BCUT2D eigenvalue weighted by Crippen LogP contribution is -2.59. The number of aliphatic hydroxyl groups is 1. The molecule has 4 nitrogen and oxygen atoms in total. The highest BCUT2D eigenvalue weighted by atomic mass is 19.4. The molecule has 1 rings (SSSR count). The highest BCUT2D eigenvalue weighted by Crippen LogP contribution is 2.53. The molecular weight excluding hydrogens is 356 g/mol. The Labute approximate surface area is 130 Å². The Balaban J connectivity index is 3.14. The fraction of sp³-hybridized carbons (Fsp3) is 0.583. The summed E-state index contributed by atoms with van der Waals surface area (Å²) in [5, 5.41) is 14.1. The van der Waals surface area contributed by atoms with Crippen LogP contribution in [-0.4, -0.2) is 54.6 Å². The number of hydrazone groups is 1. The molecule has 24 heavy (non-hydrogen) atoms. The summed E-state index contributed by atoms with van der Waals surface area (Å²) < 4.78 is 108. The van der Waals surface area contributed by atoms with Gasteiger partial charge in [-0.2, -0.15) is 31.4 Å². The number of furan rings is 1. The quantitative estimate of drug-likeness (QED) is 0.456. The minimum absolute atomic E-state index is 0.266. The van der Waals surface area contributed by atoms with E-state index in [1.54, 1.807) is 0 Å². The standard InChI is InChI=1S/C12H12F8N2O2/c1-22(2)21-5-6-3-4-7(24-6)8(23)10(15,16)12(19,20)11(17,18)9(13)14/h3-5,8-9,23H,1-2H3/b21-5-/t8-/m0/s1. The third-order valence-corrected chi connectivity index (χ3v) is 2.79. The lowest BCUT2D eigenvalue weighted by Gasteiger charge is -2.34. The van der Waals surface area contributed by atoms with Crippen molar-refractivity contribution in [1.82, 2.24) is 5.01 Å². The predicted octanol–water partition coefficient (Wildman–Crippen LogP) is 3.38. The fourth-order valence-electron chi connectivity index (χ4n) is 1.47. The maximum Gasteiger partial charge on any atom is 0.381 e. The summed E-state index contributed by atoms with van der Waals surface area (Å²) in [6, 6.07) is 1.54. The van der Waals surface area contributed by atoms with Crippen molar-refractivity contribution < 1.29 is 44.6 Å². The van der Waals surface area contributed by atoms with Crippen molar-refractivity contribution in [2.24, 2.45) is 5.10 Å². The molecule has 138 valence electrons. The van der Waals surface area contributed by atoms with E-state index in [0.717, 1.165) is 12.3 Å². The normalized spacial score (nSPS) is 15.3. The number of hydrogen-bond donors (Lipinski definition) is 1. The van der Waals surface area contributed by atoms with Crippen molar-refractivity contribution in [1.29, 1.82) is 0 Å². The summed E-state index contributed by atoms with van der Waals surface area (Å²) in [5.41, 5.74) is 0. The smallest absolute Gasteiger partial charge is 0.381 e. The van der Waals surface area contributed by atoms with Gasteiger partial charge in [0, 0.05) is 14.1 Å². The van der Waals surface area contributed by atoms with Crippen LogP contribution < -0.4 is 0 Å². The van der Waals surface area contributed by atoms with E-state index in [1.165, 1.54) is 19.1 Å². The lowest BCUT2D eigenvalue weighted by atomic mass is 9.98. The van der Waals surface area contributed by atoms with Gasteiger partial charge in [-0.3, -0.25) is 0 Å². The molecule has 0 amide bonds. The van der Waals surface area contributed by atoms with Crippen LogP contribution in [0.3, 0.4) is 0 Å². The Hall–Kier alpha value is -1.85. The number of alkyl halides is 8. The Bertz CT molecular complexity index is 585. The SMILES string of the molecule is CN(C)/N=C\c1ccc([C@H](O)C(F)(F)C(F)(F)C(F)(F)C(F)F)o1. The van der Waals surface area contributed by atoms with Gasteiger partial charge in [-0.25, -0.2) is 8.78 Å². The van der Waals surface area contributed by atoms with Gasteiger partial charge in [0.1, 0.15) is 11.5 Å². The fourth-order valence-corrected chi connectivity index (χ4v) is 1.47. The van der Waals surface area contributed by atoms with Crippen molar-refractivity contribution in [3.63, 3.8) is 0 Å². The molecule has 1 atom stereocenters. The van der Waals surface area contributed by atoms with Gasteiger partial charge in [-0.15, -0.1) is 0 Å². The Morgan fingerprint density at radius 2 is 1.62 bits per heavy atom. The molecule has 1 heterocycles. The van der Waals surface area contributed by atoms with Gasteiger partial charge in [-0.05, 0) is 12.1 Å². The van der Waals surface area contributed by atoms with Crippen LogP contribution in [0, 0.1) is 0 Å². The molecule has 0 bridgehead atoms. The summed E-state index contributed by atoms with van der Waals surface area (Å²) in [6.45, 7) is 0. The number of halogens is 8. The van der Waals surface area contributed by atoms with Gasteiger partial charge >= 0.3 is 24.2 Å². The first-order valence-corrected chi connectivity index (χ1v) is 6.15. The first-order valence-electron chi connectivity index (χ1n) is 6.15. The van der Waals surface area contributed by atoms with Crippen LogP contribution in [0.25, 0.3) is 0 Å². The van der Waals surface area contributed by atoms with Crippen LogP contribution >= 0.6 is 0 Å². The molecule has 0 radical (unpaired) electrons. The number of rotatable bonds is 7. The molecule has 1 N–H and O–H groups in total.